The molecule has 19 heavy (non-hydrogen) atoms. The summed E-state index contributed by atoms with van der Waals surface area (Å²) in [6.45, 7) is 2.24. The van der Waals surface area contributed by atoms with Crippen molar-refractivity contribution in [1.82, 2.24) is 10.3 Å². The number of anilines is 2. The Balaban J connectivity index is 2.03. The van der Waals surface area contributed by atoms with Crippen LogP contribution in [0.25, 0.3) is 0 Å². The van der Waals surface area contributed by atoms with Crippen LogP contribution in [0, 0.1) is 5.92 Å². The van der Waals surface area contributed by atoms with Crippen molar-refractivity contribution < 1.29 is 4.79 Å². The number of aromatic nitrogens is 1. The predicted molar refractivity (Wildman–Crippen MR) is 79.7 cm³/mol. The number of hydrogen-bond donors (Lipinski definition) is 2. The highest BCUT2D eigenvalue weighted by molar-refractivity contribution is 7.18. The largest absolute Gasteiger partial charge is 0.382 e. The highest BCUT2D eigenvalue weighted by atomic mass is 32.1. The second-order valence-corrected chi connectivity index (χ2v) is 6.52. The summed E-state index contributed by atoms with van der Waals surface area (Å²) in [5.41, 5.74) is 5.82. The molecule has 0 aromatic carbocycles. The summed E-state index contributed by atoms with van der Waals surface area (Å²) in [5, 5.41) is 3.86. The van der Waals surface area contributed by atoms with Crippen LogP contribution in [0.15, 0.2) is 0 Å². The number of hydrogen-bond acceptors (Lipinski definition) is 5. The number of carbonyl (C=O) groups is 1. The zero-order valence-corrected chi connectivity index (χ0v) is 12.6. The third kappa shape index (κ3) is 3.37. The van der Waals surface area contributed by atoms with E-state index >= 15 is 0 Å². The molecule has 2 atom stereocenters. The minimum atomic E-state index is -0.0813. The smallest absolute Gasteiger partial charge is 0.265 e. The number of nitrogens with zero attached hydrogens (tertiary/aromatic N) is 2. The fraction of sp³-hybridized carbons (Fsp3) is 0.692. The molecule has 0 aliphatic heterocycles. The minimum Gasteiger partial charge on any atom is -0.382 e. The third-order valence-corrected chi connectivity index (χ3v) is 4.74. The highest BCUT2D eigenvalue weighted by Gasteiger charge is 2.23. The van der Waals surface area contributed by atoms with Gasteiger partial charge in [0.25, 0.3) is 5.91 Å². The Morgan fingerprint density at radius 1 is 1.47 bits per heavy atom. The third-order valence-electron chi connectivity index (χ3n) is 3.50. The van der Waals surface area contributed by atoms with Gasteiger partial charge in [-0.2, -0.15) is 0 Å². The molecule has 106 valence electrons. The molecule has 3 N–H and O–H groups in total. The Bertz CT molecular complexity index is 457. The van der Waals surface area contributed by atoms with Gasteiger partial charge >= 0.3 is 0 Å². The second kappa shape index (κ2) is 5.77. The number of amides is 1. The number of nitrogens with two attached hydrogens (primary N) is 1. The first kappa shape index (κ1) is 14.1. The molecule has 0 spiro atoms. The summed E-state index contributed by atoms with van der Waals surface area (Å²) in [4.78, 5) is 18.8. The van der Waals surface area contributed by atoms with E-state index in [1.165, 1.54) is 24.2 Å². The molecule has 0 radical (unpaired) electrons. The van der Waals surface area contributed by atoms with Crippen LogP contribution in [0.3, 0.4) is 0 Å². The highest BCUT2D eigenvalue weighted by Crippen LogP contribution is 2.28. The van der Waals surface area contributed by atoms with Crippen LogP contribution in [0.2, 0.25) is 0 Å². The van der Waals surface area contributed by atoms with Gasteiger partial charge in [-0.3, -0.25) is 4.79 Å². The first-order valence-electron chi connectivity index (χ1n) is 6.72. The van der Waals surface area contributed by atoms with Crippen LogP contribution in [0.4, 0.5) is 10.9 Å². The van der Waals surface area contributed by atoms with Gasteiger partial charge in [0, 0.05) is 20.1 Å². The monoisotopic (exact) mass is 282 g/mol. The Hall–Kier alpha value is -1.30. The molecule has 6 heteroatoms. The fourth-order valence-corrected chi connectivity index (χ4v) is 3.30. The van der Waals surface area contributed by atoms with Crippen molar-refractivity contribution in [2.75, 3.05) is 24.7 Å². The molecule has 1 amide bonds. The molecule has 0 saturated heterocycles. The van der Waals surface area contributed by atoms with Crippen molar-refractivity contribution in [3.63, 3.8) is 0 Å². The van der Waals surface area contributed by atoms with Gasteiger partial charge in [-0.1, -0.05) is 31.1 Å². The van der Waals surface area contributed by atoms with Crippen molar-refractivity contribution >= 4 is 28.2 Å². The fourth-order valence-electron chi connectivity index (χ4n) is 2.49. The summed E-state index contributed by atoms with van der Waals surface area (Å²) >= 11 is 1.34. The number of rotatable bonds is 3. The lowest BCUT2D eigenvalue weighted by atomic mass is 9.87. The Morgan fingerprint density at radius 3 is 2.79 bits per heavy atom. The molecule has 5 nitrogen and oxygen atoms in total. The average molecular weight is 282 g/mol. The first-order valence-corrected chi connectivity index (χ1v) is 7.53. The quantitative estimate of drug-likeness (QED) is 0.890. The molecule has 1 aliphatic rings. The summed E-state index contributed by atoms with van der Waals surface area (Å²) in [7, 11) is 3.78. The van der Waals surface area contributed by atoms with Gasteiger partial charge in [-0.05, 0) is 18.8 Å². The minimum absolute atomic E-state index is 0.0813. The van der Waals surface area contributed by atoms with Crippen molar-refractivity contribution in [1.29, 1.82) is 0 Å². The lowest BCUT2D eigenvalue weighted by Crippen LogP contribution is -2.37. The molecular formula is C13H22N4OS. The molecule has 0 bridgehead atoms. The van der Waals surface area contributed by atoms with Crippen molar-refractivity contribution in [3.8, 4) is 0 Å². The van der Waals surface area contributed by atoms with Gasteiger partial charge in [0.1, 0.15) is 10.7 Å². The number of thiazole rings is 1. The molecule has 2 unspecified atom stereocenters. The lowest BCUT2D eigenvalue weighted by Gasteiger charge is -2.27. The zero-order valence-electron chi connectivity index (χ0n) is 11.8. The average Bonchev–Trinajstić information content (AvgIpc) is 2.71. The van der Waals surface area contributed by atoms with Crippen LogP contribution < -0.4 is 16.0 Å². The van der Waals surface area contributed by atoms with Gasteiger partial charge in [0.2, 0.25) is 0 Å². The topological polar surface area (TPSA) is 71.2 Å². The van der Waals surface area contributed by atoms with E-state index in [4.69, 9.17) is 5.73 Å². The molecular weight excluding hydrogens is 260 g/mol. The summed E-state index contributed by atoms with van der Waals surface area (Å²) in [5.74, 6) is 0.937. The summed E-state index contributed by atoms with van der Waals surface area (Å²) in [6.07, 6.45) is 4.58. The van der Waals surface area contributed by atoms with Crippen LogP contribution >= 0.6 is 11.3 Å². The molecule has 1 aromatic rings. The van der Waals surface area contributed by atoms with Crippen molar-refractivity contribution in [2.45, 2.75) is 38.6 Å². The number of nitrogens with one attached hydrogen (secondary N) is 1. The van der Waals surface area contributed by atoms with Gasteiger partial charge in [-0.15, -0.1) is 0 Å². The standard InChI is InChI=1S/C13H22N4OS/c1-8-5-4-6-9(7-8)15-12(18)10-11(14)16-13(19-10)17(2)3/h8-9H,4-7,14H2,1-3H3,(H,15,18). The van der Waals surface area contributed by atoms with E-state index < -0.39 is 0 Å². The van der Waals surface area contributed by atoms with E-state index in [-0.39, 0.29) is 11.9 Å². The van der Waals surface area contributed by atoms with E-state index in [0.717, 1.165) is 18.0 Å². The predicted octanol–water partition coefficient (Wildman–Crippen LogP) is 2.10. The van der Waals surface area contributed by atoms with E-state index in [2.05, 4.69) is 17.2 Å². The number of nitrogen functional groups attached to an aromatic ring is 1. The van der Waals surface area contributed by atoms with Crippen molar-refractivity contribution in [2.24, 2.45) is 5.92 Å². The van der Waals surface area contributed by atoms with E-state index in [1.807, 2.05) is 19.0 Å². The van der Waals surface area contributed by atoms with E-state index in [9.17, 15) is 4.79 Å². The summed E-state index contributed by atoms with van der Waals surface area (Å²) in [6, 6.07) is 0.278. The molecule has 1 saturated carbocycles. The SMILES string of the molecule is CC1CCCC(NC(=O)c2sc(N(C)C)nc2N)C1. The van der Waals surface area contributed by atoms with Gasteiger partial charge in [0.05, 0.1) is 0 Å². The van der Waals surface area contributed by atoms with Gasteiger partial charge in [-0.25, -0.2) is 4.98 Å². The van der Waals surface area contributed by atoms with Crippen molar-refractivity contribution in [3.05, 3.63) is 4.88 Å². The van der Waals surface area contributed by atoms with Gasteiger partial charge < -0.3 is 16.0 Å². The molecule has 1 heterocycles. The zero-order chi connectivity index (χ0) is 14.0. The molecule has 1 fully saturated rings. The van der Waals surface area contributed by atoms with Gasteiger partial charge in [0.15, 0.2) is 5.13 Å². The molecule has 1 aromatic heterocycles. The maximum absolute atomic E-state index is 12.2. The molecule has 1 aliphatic carbocycles. The number of carbonyl (C=O) groups excluding carboxylic acids is 1. The van der Waals surface area contributed by atoms with E-state index in [0.29, 0.717) is 16.6 Å². The molecule has 2 rings (SSSR count). The first-order chi connectivity index (χ1) is 8.97. The van der Waals surface area contributed by atoms with E-state index in [1.54, 1.807) is 0 Å². The maximum Gasteiger partial charge on any atom is 0.265 e. The normalized spacial score (nSPS) is 23.1. The van der Waals surface area contributed by atoms with Crippen LogP contribution in [0.5, 0.6) is 0 Å². The maximum atomic E-state index is 12.2. The van der Waals surface area contributed by atoms with Crippen LogP contribution in [0.1, 0.15) is 42.3 Å². The Labute approximate surface area is 118 Å². The Morgan fingerprint density at radius 2 is 2.21 bits per heavy atom. The van der Waals surface area contributed by atoms with Crippen LogP contribution in [-0.2, 0) is 0 Å². The summed E-state index contributed by atoms with van der Waals surface area (Å²) < 4.78 is 0. The lowest BCUT2D eigenvalue weighted by molar-refractivity contribution is 0.0926. The van der Waals surface area contributed by atoms with Crippen LogP contribution in [-0.4, -0.2) is 31.0 Å². The Kier molecular flexibility index (Phi) is 4.29. The second-order valence-electron chi connectivity index (χ2n) is 5.55.